The topological polar surface area (TPSA) is 80.3 Å². The molecule has 0 aliphatic rings. The van der Waals surface area contributed by atoms with Crippen molar-refractivity contribution in [3.8, 4) is 16.9 Å². The first-order valence-corrected chi connectivity index (χ1v) is 11.1. The number of rotatable bonds is 7. The van der Waals surface area contributed by atoms with Crippen LogP contribution >= 0.6 is 11.3 Å². The molecule has 0 unspecified atom stereocenters. The van der Waals surface area contributed by atoms with Crippen molar-refractivity contribution in [1.82, 2.24) is 10.3 Å². The highest BCUT2D eigenvalue weighted by molar-refractivity contribution is 7.22. The second kappa shape index (κ2) is 9.62. The number of ether oxygens (including phenoxy) is 1. The Kier molecular flexibility index (Phi) is 6.47. The molecule has 2 N–H and O–H groups in total. The highest BCUT2D eigenvalue weighted by Crippen LogP contribution is 2.29. The van der Waals surface area contributed by atoms with Gasteiger partial charge in [-0.3, -0.25) is 9.59 Å². The van der Waals surface area contributed by atoms with Crippen LogP contribution in [0.4, 0.5) is 5.13 Å². The molecule has 0 fully saturated rings. The van der Waals surface area contributed by atoms with Gasteiger partial charge in [-0.15, -0.1) is 0 Å². The summed E-state index contributed by atoms with van der Waals surface area (Å²) in [5.41, 5.74) is 4.70. The number of carbonyl (C=O) groups is 2. The monoisotopic (exact) mass is 445 g/mol. The number of fused-ring (bicyclic) bond motifs is 1. The number of nitrogens with zero attached hydrogens (tertiary/aromatic N) is 1. The van der Waals surface area contributed by atoms with Gasteiger partial charge in [0, 0.05) is 5.56 Å². The molecular formula is C25H23N3O3S. The van der Waals surface area contributed by atoms with Gasteiger partial charge in [-0.2, -0.15) is 0 Å². The van der Waals surface area contributed by atoms with Gasteiger partial charge in [0.05, 0.1) is 23.9 Å². The third-order valence-corrected chi connectivity index (χ3v) is 6.03. The Bertz CT molecular complexity index is 1250. The lowest BCUT2D eigenvalue weighted by Gasteiger charge is -2.07. The van der Waals surface area contributed by atoms with Crippen LogP contribution in [0.1, 0.15) is 22.8 Å². The van der Waals surface area contributed by atoms with Crippen LogP contribution in [0.25, 0.3) is 21.3 Å². The van der Waals surface area contributed by atoms with Crippen LogP contribution in [0.5, 0.6) is 5.75 Å². The fraction of sp³-hybridized carbons (Fsp3) is 0.160. The number of hydrogen-bond acceptors (Lipinski definition) is 5. The summed E-state index contributed by atoms with van der Waals surface area (Å²) < 4.78 is 6.12. The summed E-state index contributed by atoms with van der Waals surface area (Å²) in [7, 11) is 1.60. The Morgan fingerprint density at radius 3 is 2.31 bits per heavy atom. The Morgan fingerprint density at radius 2 is 1.66 bits per heavy atom. The molecule has 162 valence electrons. The first kappa shape index (κ1) is 21.5. The fourth-order valence-corrected chi connectivity index (χ4v) is 4.17. The lowest BCUT2D eigenvalue weighted by molar-refractivity contribution is -0.115. The molecule has 0 bridgehead atoms. The number of methoxy groups -OCH3 is 1. The van der Waals surface area contributed by atoms with Crippen molar-refractivity contribution >= 4 is 38.5 Å². The van der Waals surface area contributed by atoms with E-state index in [0.717, 1.165) is 33.5 Å². The average molecular weight is 446 g/mol. The van der Waals surface area contributed by atoms with Crippen molar-refractivity contribution in [3.05, 3.63) is 77.9 Å². The quantitative estimate of drug-likeness (QED) is 0.424. The molecule has 4 rings (SSSR count). The maximum absolute atomic E-state index is 12.4. The van der Waals surface area contributed by atoms with E-state index in [0.29, 0.717) is 10.7 Å². The van der Waals surface area contributed by atoms with Crippen LogP contribution in [0.15, 0.2) is 66.7 Å². The van der Waals surface area contributed by atoms with Crippen LogP contribution in [0, 0.1) is 0 Å². The van der Waals surface area contributed by atoms with Crippen LogP contribution in [-0.2, 0) is 11.2 Å². The van der Waals surface area contributed by atoms with Gasteiger partial charge >= 0.3 is 0 Å². The van der Waals surface area contributed by atoms with Gasteiger partial charge in [-0.05, 0) is 53.4 Å². The molecule has 0 aliphatic heterocycles. The van der Waals surface area contributed by atoms with Crippen LogP contribution in [0.2, 0.25) is 0 Å². The Hall–Kier alpha value is -3.71. The predicted octanol–water partition coefficient (Wildman–Crippen LogP) is 4.90. The molecular weight excluding hydrogens is 422 g/mol. The SMILES string of the molecule is CCc1ccc(-c2ccc(C(=O)NCC(=O)Nc3nc4ccc(OC)cc4s3)cc2)cc1. The molecule has 7 heteroatoms. The van der Waals surface area contributed by atoms with Gasteiger partial charge in [-0.25, -0.2) is 4.98 Å². The van der Waals surface area contributed by atoms with Crippen LogP contribution in [0.3, 0.4) is 0 Å². The van der Waals surface area contributed by atoms with E-state index in [2.05, 4.69) is 46.8 Å². The van der Waals surface area contributed by atoms with Crippen LogP contribution in [-0.4, -0.2) is 30.5 Å². The fourth-order valence-electron chi connectivity index (χ4n) is 3.26. The zero-order valence-electron chi connectivity index (χ0n) is 17.8. The molecule has 3 aromatic carbocycles. The number of aromatic nitrogens is 1. The third-order valence-electron chi connectivity index (χ3n) is 5.09. The Balaban J connectivity index is 1.33. The largest absolute Gasteiger partial charge is 0.497 e. The van der Waals surface area contributed by atoms with Gasteiger partial charge in [-0.1, -0.05) is 54.7 Å². The summed E-state index contributed by atoms with van der Waals surface area (Å²) in [5.74, 6) is 0.0920. The third kappa shape index (κ3) is 4.95. The highest BCUT2D eigenvalue weighted by atomic mass is 32.1. The summed E-state index contributed by atoms with van der Waals surface area (Å²) in [6, 6.07) is 21.2. The van der Waals surface area contributed by atoms with Crippen molar-refractivity contribution < 1.29 is 14.3 Å². The molecule has 4 aromatic rings. The van der Waals surface area contributed by atoms with E-state index < -0.39 is 0 Å². The summed E-state index contributed by atoms with van der Waals surface area (Å²) in [6.45, 7) is 1.98. The van der Waals surface area contributed by atoms with E-state index in [1.807, 2.05) is 30.3 Å². The Morgan fingerprint density at radius 1 is 0.969 bits per heavy atom. The van der Waals surface area contributed by atoms with Gasteiger partial charge in [0.25, 0.3) is 5.91 Å². The average Bonchev–Trinajstić information content (AvgIpc) is 3.24. The van der Waals surface area contributed by atoms with E-state index in [4.69, 9.17) is 4.74 Å². The first-order valence-electron chi connectivity index (χ1n) is 10.3. The van der Waals surface area contributed by atoms with Crippen molar-refractivity contribution in [2.24, 2.45) is 0 Å². The maximum Gasteiger partial charge on any atom is 0.251 e. The number of thiazole rings is 1. The molecule has 2 amide bonds. The van der Waals surface area contributed by atoms with Crippen molar-refractivity contribution in [1.29, 1.82) is 0 Å². The minimum atomic E-state index is -0.336. The molecule has 0 saturated heterocycles. The molecule has 0 radical (unpaired) electrons. The van der Waals surface area contributed by atoms with Gasteiger partial charge in [0.2, 0.25) is 5.91 Å². The normalized spacial score (nSPS) is 10.7. The second-order valence-corrected chi connectivity index (χ2v) is 8.24. The van der Waals surface area contributed by atoms with E-state index in [1.165, 1.54) is 16.9 Å². The summed E-state index contributed by atoms with van der Waals surface area (Å²) >= 11 is 1.35. The van der Waals surface area contributed by atoms with Crippen molar-refractivity contribution in [2.45, 2.75) is 13.3 Å². The second-order valence-electron chi connectivity index (χ2n) is 7.21. The molecule has 32 heavy (non-hydrogen) atoms. The van der Waals surface area contributed by atoms with Gasteiger partial charge < -0.3 is 15.4 Å². The summed E-state index contributed by atoms with van der Waals surface area (Å²) in [5, 5.41) is 5.86. The molecule has 1 heterocycles. The minimum Gasteiger partial charge on any atom is -0.497 e. The molecule has 0 atom stereocenters. The van der Waals surface area contributed by atoms with Crippen molar-refractivity contribution in [2.75, 3.05) is 19.0 Å². The number of amides is 2. The van der Waals surface area contributed by atoms with E-state index in [-0.39, 0.29) is 18.4 Å². The summed E-state index contributed by atoms with van der Waals surface area (Å²) in [6.07, 6.45) is 1.00. The number of nitrogens with one attached hydrogen (secondary N) is 2. The number of benzene rings is 3. The van der Waals surface area contributed by atoms with Gasteiger partial charge in [0.1, 0.15) is 5.75 Å². The lowest BCUT2D eigenvalue weighted by Crippen LogP contribution is -2.32. The smallest absolute Gasteiger partial charge is 0.251 e. The van der Waals surface area contributed by atoms with Crippen LogP contribution < -0.4 is 15.4 Å². The predicted molar refractivity (Wildman–Crippen MR) is 128 cm³/mol. The zero-order chi connectivity index (χ0) is 22.5. The zero-order valence-corrected chi connectivity index (χ0v) is 18.7. The lowest BCUT2D eigenvalue weighted by atomic mass is 10.0. The Labute approximate surface area is 190 Å². The number of carbonyl (C=O) groups excluding carboxylic acids is 2. The maximum atomic E-state index is 12.4. The van der Waals surface area contributed by atoms with Crippen molar-refractivity contribution in [3.63, 3.8) is 0 Å². The molecule has 0 aliphatic carbocycles. The first-order chi connectivity index (χ1) is 15.6. The number of hydrogen-bond donors (Lipinski definition) is 2. The summed E-state index contributed by atoms with van der Waals surface area (Å²) in [4.78, 5) is 29.1. The standard InChI is InChI=1S/C25H23N3O3S/c1-3-16-4-6-17(7-5-16)18-8-10-19(11-9-18)24(30)26-15-23(29)28-25-27-21-13-12-20(31-2)14-22(21)32-25/h4-14H,3,15H2,1-2H3,(H,26,30)(H,27,28,29). The van der Waals surface area contributed by atoms with E-state index in [1.54, 1.807) is 19.2 Å². The number of aryl methyl sites for hydroxylation is 1. The van der Waals surface area contributed by atoms with Gasteiger partial charge in [0.15, 0.2) is 5.13 Å². The number of anilines is 1. The molecule has 0 saturated carbocycles. The van der Waals surface area contributed by atoms with E-state index in [9.17, 15) is 9.59 Å². The minimum absolute atomic E-state index is 0.141. The van der Waals surface area contributed by atoms with E-state index >= 15 is 0 Å². The molecule has 0 spiro atoms. The molecule has 1 aromatic heterocycles. The molecule has 6 nitrogen and oxygen atoms in total. The highest BCUT2D eigenvalue weighted by Gasteiger charge is 2.11.